The van der Waals surface area contributed by atoms with Gasteiger partial charge in [-0.2, -0.15) is 0 Å². The minimum atomic E-state index is -0.112. The van der Waals surface area contributed by atoms with Crippen LogP contribution >= 0.6 is 22.6 Å². The molecule has 0 amide bonds. The van der Waals surface area contributed by atoms with Gasteiger partial charge in [-0.1, -0.05) is 59.5 Å². The molecule has 74 valence electrons. The lowest BCUT2D eigenvalue weighted by molar-refractivity contribution is 0.0246. The van der Waals surface area contributed by atoms with Gasteiger partial charge in [0.25, 0.3) is 0 Å². The van der Waals surface area contributed by atoms with Crippen molar-refractivity contribution in [3.8, 4) is 0 Å². The zero-order chi connectivity index (χ0) is 10.0. The molecular formula is C12H13IO. The Kier molecular flexibility index (Phi) is 2.93. The van der Waals surface area contributed by atoms with Crippen molar-refractivity contribution in [1.82, 2.24) is 0 Å². The molecule has 1 fully saturated rings. The van der Waals surface area contributed by atoms with Crippen LogP contribution in [-0.2, 0) is 10.3 Å². The van der Waals surface area contributed by atoms with E-state index >= 15 is 0 Å². The van der Waals surface area contributed by atoms with Crippen molar-refractivity contribution in [2.45, 2.75) is 12.0 Å². The highest BCUT2D eigenvalue weighted by Crippen LogP contribution is 2.39. The van der Waals surface area contributed by atoms with Crippen LogP contribution in [0.2, 0.25) is 0 Å². The van der Waals surface area contributed by atoms with Crippen LogP contribution in [0.15, 0.2) is 42.5 Å². The van der Waals surface area contributed by atoms with E-state index in [4.69, 9.17) is 4.74 Å². The van der Waals surface area contributed by atoms with Gasteiger partial charge in [0.2, 0.25) is 0 Å². The Balaban J connectivity index is 2.34. The molecule has 0 spiro atoms. The second-order valence-corrected chi connectivity index (χ2v) is 4.47. The largest absolute Gasteiger partial charge is 0.365 e. The summed E-state index contributed by atoms with van der Waals surface area (Å²) in [6.45, 7) is 4.70. The summed E-state index contributed by atoms with van der Waals surface area (Å²) in [4.78, 5) is 0. The Bertz CT molecular complexity index is 333. The number of halogens is 1. The van der Waals surface area contributed by atoms with E-state index in [1.165, 1.54) is 11.1 Å². The number of hydrogen-bond donors (Lipinski definition) is 0. The second kappa shape index (κ2) is 4.03. The highest BCUT2D eigenvalue weighted by molar-refractivity contribution is 14.1. The van der Waals surface area contributed by atoms with Crippen LogP contribution < -0.4 is 0 Å². The number of benzene rings is 1. The maximum absolute atomic E-state index is 5.88. The van der Waals surface area contributed by atoms with E-state index in [1.54, 1.807) is 0 Å². The molecule has 1 heterocycles. The quantitative estimate of drug-likeness (QED) is 0.463. The van der Waals surface area contributed by atoms with E-state index in [9.17, 15) is 0 Å². The number of ether oxygens (including phenoxy) is 1. The smallest absolute Gasteiger partial charge is 0.106 e. The van der Waals surface area contributed by atoms with Crippen LogP contribution in [0.3, 0.4) is 0 Å². The topological polar surface area (TPSA) is 9.23 Å². The van der Waals surface area contributed by atoms with Crippen molar-refractivity contribution in [3.63, 3.8) is 0 Å². The van der Waals surface area contributed by atoms with E-state index in [0.29, 0.717) is 6.61 Å². The van der Waals surface area contributed by atoms with E-state index in [0.717, 1.165) is 10.8 Å². The summed E-state index contributed by atoms with van der Waals surface area (Å²) in [5.74, 6) is 0. The van der Waals surface area contributed by atoms with E-state index in [-0.39, 0.29) is 5.60 Å². The van der Waals surface area contributed by atoms with Crippen LogP contribution in [0.4, 0.5) is 0 Å². The molecule has 0 radical (unpaired) electrons. The van der Waals surface area contributed by atoms with Gasteiger partial charge in [-0.15, -0.1) is 0 Å². The van der Waals surface area contributed by atoms with Crippen LogP contribution in [0, 0.1) is 0 Å². The third-order valence-electron chi connectivity index (χ3n) is 2.60. The Morgan fingerprint density at radius 2 is 2.07 bits per heavy atom. The van der Waals surface area contributed by atoms with Crippen molar-refractivity contribution in [1.29, 1.82) is 0 Å². The fourth-order valence-electron chi connectivity index (χ4n) is 1.84. The average molecular weight is 300 g/mol. The molecule has 1 aromatic carbocycles. The molecule has 0 aliphatic carbocycles. The summed E-state index contributed by atoms with van der Waals surface area (Å²) in [5.41, 5.74) is 2.36. The number of alkyl halides is 1. The SMILES string of the molecule is C=C1COC(CI)(c2ccccc2)C1. The van der Waals surface area contributed by atoms with Crippen molar-refractivity contribution in [3.05, 3.63) is 48.0 Å². The predicted molar refractivity (Wildman–Crippen MR) is 66.7 cm³/mol. The van der Waals surface area contributed by atoms with Crippen LogP contribution in [0.1, 0.15) is 12.0 Å². The molecule has 0 aromatic heterocycles. The minimum absolute atomic E-state index is 0.112. The summed E-state index contributed by atoms with van der Waals surface area (Å²) in [7, 11) is 0. The maximum Gasteiger partial charge on any atom is 0.106 e. The predicted octanol–water partition coefficient (Wildman–Crippen LogP) is 3.29. The molecule has 1 aromatic rings. The third-order valence-corrected chi connectivity index (χ3v) is 3.84. The molecule has 1 saturated heterocycles. The summed E-state index contributed by atoms with van der Waals surface area (Å²) in [6, 6.07) is 10.4. The molecule has 1 nitrogen and oxygen atoms in total. The van der Waals surface area contributed by atoms with Crippen molar-refractivity contribution in [2.24, 2.45) is 0 Å². The molecule has 1 aliphatic rings. The lowest BCUT2D eigenvalue weighted by Crippen LogP contribution is -2.26. The van der Waals surface area contributed by atoms with Gasteiger partial charge in [-0.25, -0.2) is 0 Å². The van der Waals surface area contributed by atoms with Crippen molar-refractivity contribution < 1.29 is 4.74 Å². The monoisotopic (exact) mass is 300 g/mol. The van der Waals surface area contributed by atoms with E-state index in [1.807, 2.05) is 6.07 Å². The third kappa shape index (κ3) is 1.73. The molecule has 2 heteroatoms. The molecule has 14 heavy (non-hydrogen) atoms. The molecule has 0 bridgehead atoms. The van der Waals surface area contributed by atoms with Gasteiger partial charge < -0.3 is 4.74 Å². The summed E-state index contributed by atoms with van der Waals surface area (Å²) >= 11 is 2.39. The average Bonchev–Trinajstić information content (AvgIpc) is 2.63. The Morgan fingerprint density at radius 3 is 2.57 bits per heavy atom. The fourth-order valence-corrected chi connectivity index (χ4v) is 2.77. The molecule has 0 N–H and O–H groups in total. The zero-order valence-corrected chi connectivity index (χ0v) is 10.2. The first kappa shape index (κ1) is 10.2. The standard InChI is InChI=1S/C12H13IO/c1-10-7-12(9-13,14-8-10)11-5-3-2-4-6-11/h2-6H,1,7-9H2. The first-order valence-electron chi connectivity index (χ1n) is 4.69. The van der Waals surface area contributed by atoms with Gasteiger partial charge in [-0.05, 0) is 11.1 Å². The van der Waals surface area contributed by atoms with Gasteiger partial charge in [-0.3, -0.25) is 0 Å². The Hall–Kier alpha value is -0.350. The second-order valence-electron chi connectivity index (χ2n) is 3.71. The van der Waals surface area contributed by atoms with Gasteiger partial charge in [0.1, 0.15) is 5.60 Å². The molecule has 1 aliphatic heterocycles. The fraction of sp³-hybridized carbons (Fsp3) is 0.333. The first-order chi connectivity index (χ1) is 6.77. The number of hydrogen-bond acceptors (Lipinski definition) is 1. The van der Waals surface area contributed by atoms with Crippen LogP contribution in [0.5, 0.6) is 0 Å². The van der Waals surface area contributed by atoms with E-state index < -0.39 is 0 Å². The Morgan fingerprint density at radius 1 is 1.36 bits per heavy atom. The molecule has 0 saturated carbocycles. The first-order valence-corrected chi connectivity index (χ1v) is 6.21. The van der Waals surface area contributed by atoms with Gasteiger partial charge in [0, 0.05) is 10.8 Å². The van der Waals surface area contributed by atoms with Crippen molar-refractivity contribution in [2.75, 3.05) is 11.0 Å². The number of rotatable bonds is 2. The van der Waals surface area contributed by atoms with Crippen molar-refractivity contribution >= 4 is 22.6 Å². The molecular weight excluding hydrogens is 287 g/mol. The van der Waals surface area contributed by atoms with Gasteiger partial charge >= 0.3 is 0 Å². The van der Waals surface area contributed by atoms with Gasteiger partial charge in [0.15, 0.2) is 0 Å². The molecule has 1 atom stereocenters. The molecule has 1 unspecified atom stereocenters. The summed E-state index contributed by atoms with van der Waals surface area (Å²) in [6.07, 6.45) is 0.958. The summed E-state index contributed by atoms with van der Waals surface area (Å²) in [5, 5.41) is 0. The maximum atomic E-state index is 5.88. The normalized spacial score (nSPS) is 26.8. The van der Waals surface area contributed by atoms with Crippen LogP contribution in [0.25, 0.3) is 0 Å². The zero-order valence-electron chi connectivity index (χ0n) is 8.00. The minimum Gasteiger partial charge on any atom is -0.365 e. The van der Waals surface area contributed by atoms with Gasteiger partial charge in [0.05, 0.1) is 6.61 Å². The summed E-state index contributed by atoms with van der Waals surface area (Å²) < 4.78 is 6.86. The highest BCUT2D eigenvalue weighted by atomic mass is 127. The highest BCUT2D eigenvalue weighted by Gasteiger charge is 2.37. The lowest BCUT2D eigenvalue weighted by atomic mass is 9.92. The lowest BCUT2D eigenvalue weighted by Gasteiger charge is -2.26. The molecule has 2 rings (SSSR count). The Labute approximate surface area is 98.3 Å². The van der Waals surface area contributed by atoms with E-state index in [2.05, 4.69) is 53.4 Å². The van der Waals surface area contributed by atoms with Crippen LogP contribution in [-0.4, -0.2) is 11.0 Å².